The number of likely N-dealkylation sites (tertiary alicyclic amines) is 1. The number of hydrogen-bond donors (Lipinski definition) is 1. The number of benzene rings is 1. The number of aromatic nitrogens is 4. The van der Waals surface area contributed by atoms with Crippen LogP contribution in [0.15, 0.2) is 55.4 Å². The first-order valence-electron chi connectivity index (χ1n) is 9.76. The average Bonchev–Trinajstić information content (AvgIpc) is 3.28. The Morgan fingerprint density at radius 2 is 1.93 bits per heavy atom. The zero-order chi connectivity index (χ0) is 20.1. The number of pyridine rings is 1. The van der Waals surface area contributed by atoms with E-state index in [-0.39, 0.29) is 6.61 Å². The van der Waals surface area contributed by atoms with Crippen LogP contribution in [0.1, 0.15) is 18.9 Å². The van der Waals surface area contributed by atoms with E-state index >= 15 is 0 Å². The van der Waals surface area contributed by atoms with Crippen LogP contribution in [-0.2, 0) is 0 Å². The van der Waals surface area contributed by atoms with Crippen molar-refractivity contribution >= 4 is 11.6 Å². The Balaban J connectivity index is 1.28. The van der Waals surface area contributed by atoms with Gasteiger partial charge in [-0.1, -0.05) is 17.7 Å². The molecule has 0 amide bonds. The zero-order valence-electron chi connectivity index (χ0n) is 16.1. The van der Waals surface area contributed by atoms with Gasteiger partial charge in [0.2, 0.25) is 0 Å². The zero-order valence-corrected chi connectivity index (χ0v) is 16.8. The number of aliphatic hydroxyl groups excluding tert-OH is 1. The second-order valence-corrected chi connectivity index (χ2v) is 7.76. The topological polar surface area (TPSA) is 76.3 Å². The quantitative estimate of drug-likeness (QED) is 0.641. The van der Waals surface area contributed by atoms with Crippen molar-refractivity contribution in [2.75, 3.05) is 26.2 Å². The summed E-state index contributed by atoms with van der Waals surface area (Å²) in [5, 5.41) is 18.8. The van der Waals surface area contributed by atoms with Crippen LogP contribution in [0.3, 0.4) is 0 Å². The third-order valence-electron chi connectivity index (χ3n) is 5.19. The van der Waals surface area contributed by atoms with Crippen LogP contribution in [0.4, 0.5) is 0 Å². The summed E-state index contributed by atoms with van der Waals surface area (Å²) in [6.07, 6.45) is 8.54. The highest BCUT2D eigenvalue weighted by Gasteiger charge is 2.22. The largest absolute Gasteiger partial charge is 0.491 e. The summed E-state index contributed by atoms with van der Waals surface area (Å²) >= 11 is 6.24. The Kier molecular flexibility index (Phi) is 6.39. The van der Waals surface area contributed by atoms with Crippen LogP contribution in [0.25, 0.3) is 11.1 Å². The van der Waals surface area contributed by atoms with Gasteiger partial charge in [-0.3, -0.25) is 4.98 Å². The maximum absolute atomic E-state index is 10.4. The van der Waals surface area contributed by atoms with Gasteiger partial charge in [0, 0.05) is 48.7 Å². The second kappa shape index (κ2) is 9.35. The lowest BCUT2D eigenvalue weighted by atomic mass is 10.0. The molecular formula is C21H24ClN5O2. The monoisotopic (exact) mass is 413 g/mol. The molecule has 1 fully saturated rings. The van der Waals surface area contributed by atoms with E-state index in [4.69, 9.17) is 16.3 Å². The molecule has 1 aromatic carbocycles. The summed E-state index contributed by atoms with van der Waals surface area (Å²) in [5.41, 5.74) is 1.91. The summed E-state index contributed by atoms with van der Waals surface area (Å²) in [6, 6.07) is 9.85. The van der Waals surface area contributed by atoms with Gasteiger partial charge in [0.15, 0.2) is 0 Å². The lowest BCUT2D eigenvalue weighted by molar-refractivity contribution is 0.0558. The van der Waals surface area contributed by atoms with Crippen LogP contribution in [0, 0.1) is 0 Å². The van der Waals surface area contributed by atoms with Gasteiger partial charge in [0.1, 0.15) is 31.1 Å². The molecule has 1 aliphatic heterocycles. The first-order valence-corrected chi connectivity index (χ1v) is 10.1. The number of β-amino-alcohol motifs (C(OH)–C–C–N with tert-alkyl or cyclic N) is 1. The van der Waals surface area contributed by atoms with E-state index in [2.05, 4.69) is 24.6 Å². The van der Waals surface area contributed by atoms with Crippen molar-refractivity contribution < 1.29 is 9.84 Å². The van der Waals surface area contributed by atoms with E-state index in [0.29, 0.717) is 23.4 Å². The number of aliphatic hydroxyl groups is 1. The molecule has 3 aromatic rings. The van der Waals surface area contributed by atoms with Gasteiger partial charge in [-0.2, -0.15) is 0 Å². The van der Waals surface area contributed by atoms with Gasteiger partial charge in [-0.05, 0) is 42.7 Å². The van der Waals surface area contributed by atoms with Crippen LogP contribution < -0.4 is 4.74 Å². The van der Waals surface area contributed by atoms with Crippen LogP contribution in [0.5, 0.6) is 5.75 Å². The summed E-state index contributed by atoms with van der Waals surface area (Å²) in [6.45, 7) is 2.67. The fourth-order valence-electron chi connectivity index (χ4n) is 3.69. The van der Waals surface area contributed by atoms with Gasteiger partial charge >= 0.3 is 0 Å². The summed E-state index contributed by atoms with van der Waals surface area (Å²) in [4.78, 5) is 6.42. The fraction of sp³-hybridized carbons (Fsp3) is 0.381. The van der Waals surface area contributed by atoms with Gasteiger partial charge in [0.05, 0.1) is 0 Å². The highest BCUT2D eigenvalue weighted by molar-refractivity contribution is 6.31. The van der Waals surface area contributed by atoms with Crippen LogP contribution in [-0.4, -0.2) is 62.1 Å². The van der Waals surface area contributed by atoms with Crippen LogP contribution in [0.2, 0.25) is 5.02 Å². The number of halogens is 1. The molecule has 0 bridgehead atoms. The molecule has 0 aliphatic carbocycles. The van der Waals surface area contributed by atoms with E-state index in [9.17, 15) is 5.11 Å². The van der Waals surface area contributed by atoms with Gasteiger partial charge < -0.3 is 19.3 Å². The minimum atomic E-state index is -0.567. The smallest absolute Gasteiger partial charge is 0.121 e. The van der Waals surface area contributed by atoms with Crippen molar-refractivity contribution in [1.29, 1.82) is 0 Å². The number of rotatable bonds is 7. The molecule has 1 N–H and O–H groups in total. The third-order valence-corrected chi connectivity index (χ3v) is 5.41. The minimum Gasteiger partial charge on any atom is -0.491 e. The Morgan fingerprint density at radius 3 is 2.66 bits per heavy atom. The van der Waals surface area contributed by atoms with Crippen molar-refractivity contribution in [1.82, 2.24) is 24.6 Å². The number of piperidine rings is 1. The molecule has 29 heavy (non-hydrogen) atoms. The van der Waals surface area contributed by atoms with Crippen molar-refractivity contribution in [2.45, 2.75) is 25.0 Å². The first-order chi connectivity index (χ1) is 14.2. The normalized spacial score (nSPS) is 16.6. The second-order valence-electron chi connectivity index (χ2n) is 7.32. The van der Waals surface area contributed by atoms with E-state index < -0.39 is 6.10 Å². The van der Waals surface area contributed by atoms with Crippen molar-refractivity contribution in [3.63, 3.8) is 0 Å². The van der Waals surface area contributed by atoms with Gasteiger partial charge in [0.25, 0.3) is 0 Å². The molecular weight excluding hydrogens is 390 g/mol. The molecule has 0 saturated carbocycles. The number of hydrogen-bond acceptors (Lipinski definition) is 6. The standard InChI is InChI=1S/C21H24ClN5O2/c22-18-8-17(16-2-1-5-23-11-16)9-21(10-18)29-13-20(28)12-26-6-3-19(4-7-26)27-14-24-25-15-27/h1-2,5,8-11,14-15,19-20,28H,3-4,6-7,12-13H2. The molecule has 152 valence electrons. The van der Waals surface area contributed by atoms with E-state index in [1.807, 2.05) is 24.3 Å². The molecule has 8 heteroatoms. The molecule has 3 heterocycles. The lowest BCUT2D eigenvalue weighted by Crippen LogP contribution is -2.41. The third kappa shape index (κ3) is 5.32. The molecule has 2 aromatic heterocycles. The molecule has 0 spiro atoms. The van der Waals surface area contributed by atoms with Crippen LogP contribution >= 0.6 is 11.6 Å². The highest BCUT2D eigenvalue weighted by atomic mass is 35.5. The molecule has 7 nitrogen and oxygen atoms in total. The van der Waals surface area contributed by atoms with Gasteiger partial charge in [-0.25, -0.2) is 0 Å². The van der Waals surface area contributed by atoms with Crippen molar-refractivity contribution in [2.24, 2.45) is 0 Å². The first kappa shape index (κ1) is 19.8. The Bertz CT molecular complexity index is 899. The van der Waals surface area contributed by atoms with E-state index in [1.165, 1.54) is 0 Å². The average molecular weight is 414 g/mol. The van der Waals surface area contributed by atoms with E-state index in [0.717, 1.165) is 37.1 Å². The van der Waals surface area contributed by atoms with Crippen molar-refractivity contribution in [3.8, 4) is 16.9 Å². The molecule has 1 atom stereocenters. The number of ether oxygens (including phenoxy) is 1. The highest BCUT2D eigenvalue weighted by Crippen LogP contribution is 2.28. The minimum absolute atomic E-state index is 0.220. The molecule has 1 aliphatic rings. The summed E-state index contributed by atoms with van der Waals surface area (Å²) in [7, 11) is 0. The van der Waals surface area contributed by atoms with Gasteiger partial charge in [-0.15, -0.1) is 10.2 Å². The lowest BCUT2D eigenvalue weighted by Gasteiger charge is -2.33. The Morgan fingerprint density at radius 1 is 1.14 bits per heavy atom. The Labute approximate surface area is 174 Å². The molecule has 1 unspecified atom stereocenters. The van der Waals surface area contributed by atoms with E-state index in [1.54, 1.807) is 31.1 Å². The molecule has 1 saturated heterocycles. The molecule has 0 radical (unpaired) electrons. The summed E-state index contributed by atoms with van der Waals surface area (Å²) < 4.78 is 7.90. The van der Waals surface area contributed by atoms with Crippen molar-refractivity contribution in [3.05, 3.63) is 60.4 Å². The molecule has 4 rings (SSSR count). The Hall–Kier alpha value is -2.48. The maximum atomic E-state index is 10.4. The maximum Gasteiger partial charge on any atom is 0.121 e. The predicted molar refractivity (Wildman–Crippen MR) is 111 cm³/mol. The SMILES string of the molecule is OC(COc1cc(Cl)cc(-c2cccnc2)c1)CN1CCC(n2cnnc2)CC1. The summed E-state index contributed by atoms with van der Waals surface area (Å²) in [5.74, 6) is 0.640. The predicted octanol–water partition coefficient (Wildman–Crippen LogP) is 3.07. The number of nitrogens with zero attached hydrogens (tertiary/aromatic N) is 5. The fourth-order valence-corrected chi connectivity index (χ4v) is 3.91.